The number of rotatable bonds is 5. The fraction of sp³-hybridized carbons (Fsp3) is 0.0455. The van der Waals surface area contributed by atoms with Crippen LogP contribution in [0.1, 0.15) is 16.7 Å². The van der Waals surface area contributed by atoms with Gasteiger partial charge >= 0.3 is 7.12 Å². The van der Waals surface area contributed by atoms with Crippen molar-refractivity contribution >= 4 is 12.7 Å². The molecule has 3 aromatic carbocycles. The zero-order valence-corrected chi connectivity index (χ0v) is 14.7. The van der Waals surface area contributed by atoms with Crippen LogP contribution in [0.3, 0.4) is 0 Å². The van der Waals surface area contributed by atoms with E-state index in [1.165, 1.54) is 0 Å². The number of aromatic nitrogens is 2. The first kappa shape index (κ1) is 17.3. The topological polar surface area (TPSA) is 58.3 Å². The van der Waals surface area contributed by atoms with Crippen molar-refractivity contribution in [3.05, 3.63) is 120 Å². The van der Waals surface area contributed by atoms with Crippen molar-refractivity contribution in [2.75, 3.05) is 0 Å². The first-order chi connectivity index (χ1) is 13.2. The van der Waals surface area contributed by atoms with Gasteiger partial charge in [0.05, 0.1) is 11.9 Å². The highest BCUT2D eigenvalue weighted by Gasteiger charge is 2.38. The van der Waals surface area contributed by atoms with Crippen molar-refractivity contribution < 1.29 is 10.0 Å². The second kappa shape index (κ2) is 7.23. The summed E-state index contributed by atoms with van der Waals surface area (Å²) in [7, 11) is -1.62. The molecule has 1 aromatic heterocycles. The standard InChI is InChI=1S/C22H19BN2O2/c26-23(27)21-16-25(17-24-21)22(18-10-4-1-5-11-18,19-12-6-2-7-13-19)20-14-8-3-9-15-20/h1-17,26-27H. The molecular formula is C22H19BN2O2. The predicted octanol–water partition coefficient (Wildman–Crippen LogP) is 2.40. The first-order valence-corrected chi connectivity index (χ1v) is 8.80. The van der Waals surface area contributed by atoms with Gasteiger partial charge in [0.25, 0.3) is 0 Å². The molecule has 0 radical (unpaired) electrons. The Morgan fingerprint density at radius 3 is 1.41 bits per heavy atom. The minimum atomic E-state index is -1.62. The maximum atomic E-state index is 9.59. The SMILES string of the molecule is OB(O)c1cn(C(c2ccccc2)(c2ccccc2)c2ccccc2)cn1. The van der Waals surface area contributed by atoms with Gasteiger partial charge in [0.1, 0.15) is 5.54 Å². The molecule has 0 saturated carbocycles. The van der Waals surface area contributed by atoms with Gasteiger partial charge in [0, 0.05) is 6.20 Å². The van der Waals surface area contributed by atoms with Crippen LogP contribution in [0.25, 0.3) is 0 Å². The van der Waals surface area contributed by atoms with Crippen molar-refractivity contribution in [1.82, 2.24) is 9.55 Å². The summed E-state index contributed by atoms with van der Waals surface area (Å²) in [6.45, 7) is 0. The molecule has 27 heavy (non-hydrogen) atoms. The average Bonchev–Trinajstić information content (AvgIpc) is 3.22. The minimum Gasteiger partial charge on any atom is -0.422 e. The lowest BCUT2D eigenvalue weighted by Gasteiger charge is -2.37. The van der Waals surface area contributed by atoms with Crippen LogP contribution in [-0.2, 0) is 5.54 Å². The summed E-state index contributed by atoms with van der Waals surface area (Å²) in [5.74, 6) is 0. The van der Waals surface area contributed by atoms with Gasteiger partial charge in [-0.1, -0.05) is 91.0 Å². The van der Waals surface area contributed by atoms with Crippen molar-refractivity contribution in [1.29, 1.82) is 0 Å². The van der Waals surface area contributed by atoms with Gasteiger partial charge in [0.15, 0.2) is 0 Å². The Morgan fingerprint density at radius 1 is 0.667 bits per heavy atom. The van der Waals surface area contributed by atoms with E-state index in [9.17, 15) is 10.0 Å². The number of hydrogen-bond donors (Lipinski definition) is 2. The van der Waals surface area contributed by atoms with Crippen LogP contribution in [0.2, 0.25) is 0 Å². The zero-order chi connectivity index (χ0) is 18.7. The third-order valence-electron chi connectivity index (χ3n) is 4.83. The van der Waals surface area contributed by atoms with Crippen LogP contribution < -0.4 is 5.59 Å². The third-order valence-corrected chi connectivity index (χ3v) is 4.83. The van der Waals surface area contributed by atoms with Crippen LogP contribution in [0, 0.1) is 0 Å². The zero-order valence-electron chi connectivity index (χ0n) is 14.7. The minimum absolute atomic E-state index is 0.210. The molecule has 132 valence electrons. The monoisotopic (exact) mass is 354 g/mol. The molecule has 0 fully saturated rings. The average molecular weight is 354 g/mol. The Balaban J connectivity index is 2.09. The molecule has 0 atom stereocenters. The lowest BCUT2D eigenvalue weighted by molar-refractivity contribution is 0.424. The number of nitrogens with zero attached hydrogens (tertiary/aromatic N) is 2. The second-order valence-corrected chi connectivity index (χ2v) is 6.39. The number of hydrogen-bond acceptors (Lipinski definition) is 3. The summed E-state index contributed by atoms with van der Waals surface area (Å²) < 4.78 is 1.95. The Kier molecular flexibility index (Phi) is 4.63. The van der Waals surface area contributed by atoms with E-state index in [1.807, 2.05) is 59.2 Å². The van der Waals surface area contributed by atoms with E-state index >= 15 is 0 Å². The summed E-state index contributed by atoms with van der Waals surface area (Å²) in [5.41, 5.74) is 2.68. The largest absolute Gasteiger partial charge is 0.509 e. The van der Waals surface area contributed by atoms with E-state index in [0.717, 1.165) is 16.7 Å². The fourth-order valence-electron chi connectivity index (χ4n) is 3.64. The maximum Gasteiger partial charge on any atom is 0.509 e. The Bertz CT molecular complexity index is 906. The number of benzene rings is 3. The second-order valence-electron chi connectivity index (χ2n) is 6.39. The highest BCUT2D eigenvalue weighted by atomic mass is 16.4. The first-order valence-electron chi connectivity index (χ1n) is 8.80. The van der Waals surface area contributed by atoms with Gasteiger partial charge in [-0.25, -0.2) is 4.98 Å². The van der Waals surface area contributed by atoms with Gasteiger partial charge in [-0.05, 0) is 16.7 Å². The van der Waals surface area contributed by atoms with Crippen LogP contribution in [0.5, 0.6) is 0 Å². The van der Waals surface area contributed by atoms with Crippen molar-refractivity contribution in [3.8, 4) is 0 Å². The Morgan fingerprint density at radius 2 is 1.07 bits per heavy atom. The summed E-state index contributed by atoms with van der Waals surface area (Å²) in [5, 5.41) is 19.2. The number of imidazole rings is 1. The van der Waals surface area contributed by atoms with E-state index in [0.29, 0.717) is 0 Å². The van der Waals surface area contributed by atoms with E-state index in [2.05, 4.69) is 41.4 Å². The highest BCUT2D eigenvalue weighted by Crippen LogP contribution is 2.40. The van der Waals surface area contributed by atoms with Crippen molar-refractivity contribution in [2.45, 2.75) is 5.54 Å². The summed E-state index contributed by atoms with van der Waals surface area (Å²) in [6.07, 6.45) is 3.35. The smallest absolute Gasteiger partial charge is 0.422 e. The van der Waals surface area contributed by atoms with Crippen LogP contribution in [0.15, 0.2) is 104 Å². The summed E-state index contributed by atoms with van der Waals surface area (Å²) in [4.78, 5) is 4.22. The van der Waals surface area contributed by atoms with Gasteiger partial charge in [-0.15, -0.1) is 0 Å². The van der Waals surface area contributed by atoms with Crippen LogP contribution in [0.4, 0.5) is 0 Å². The van der Waals surface area contributed by atoms with E-state index in [1.54, 1.807) is 12.5 Å². The van der Waals surface area contributed by atoms with Gasteiger partial charge in [-0.2, -0.15) is 0 Å². The molecule has 0 unspecified atom stereocenters. The van der Waals surface area contributed by atoms with Gasteiger partial charge in [0.2, 0.25) is 0 Å². The molecule has 0 saturated heterocycles. The fourth-order valence-corrected chi connectivity index (χ4v) is 3.64. The summed E-state index contributed by atoms with van der Waals surface area (Å²) >= 11 is 0. The van der Waals surface area contributed by atoms with E-state index in [4.69, 9.17) is 0 Å². The molecular weight excluding hydrogens is 335 g/mol. The predicted molar refractivity (Wildman–Crippen MR) is 107 cm³/mol. The molecule has 0 aliphatic heterocycles. The molecule has 4 aromatic rings. The molecule has 0 amide bonds. The highest BCUT2D eigenvalue weighted by molar-refractivity contribution is 6.57. The van der Waals surface area contributed by atoms with E-state index < -0.39 is 12.7 Å². The summed E-state index contributed by atoms with van der Waals surface area (Å²) in [6, 6.07) is 30.5. The molecule has 4 nitrogen and oxygen atoms in total. The van der Waals surface area contributed by atoms with Gasteiger partial charge in [-0.3, -0.25) is 0 Å². The molecule has 0 aliphatic carbocycles. The van der Waals surface area contributed by atoms with Crippen LogP contribution in [-0.4, -0.2) is 26.7 Å². The third kappa shape index (κ3) is 2.97. The van der Waals surface area contributed by atoms with E-state index in [-0.39, 0.29) is 5.59 Å². The van der Waals surface area contributed by atoms with Crippen molar-refractivity contribution in [3.63, 3.8) is 0 Å². The maximum absolute atomic E-state index is 9.59. The molecule has 2 N–H and O–H groups in total. The molecule has 0 aliphatic rings. The molecule has 1 heterocycles. The Labute approximate surface area is 158 Å². The molecule has 0 bridgehead atoms. The molecule has 0 spiro atoms. The van der Waals surface area contributed by atoms with Gasteiger partial charge < -0.3 is 14.6 Å². The van der Waals surface area contributed by atoms with Crippen LogP contribution >= 0.6 is 0 Å². The Hall–Kier alpha value is -3.15. The van der Waals surface area contributed by atoms with Crippen molar-refractivity contribution in [2.24, 2.45) is 0 Å². The quantitative estimate of drug-likeness (QED) is 0.428. The normalized spacial score (nSPS) is 11.3. The molecule has 5 heteroatoms. The lowest BCUT2D eigenvalue weighted by atomic mass is 9.76. The lowest BCUT2D eigenvalue weighted by Crippen LogP contribution is -2.38. The molecule has 4 rings (SSSR count).